The summed E-state index contributed by atoms with van der Waals surface area (Å²) in [6.45, 7) is 8.11. The van der Waals surface area contributed by atoms with Crippen molar-refractivity contribution in [3.05, 3.63) is 12.2 Å². The van der Waals surface area contributed by atoms with E-state index in [0.29, 0.717) is 5.92 Å². The van der Waals surface area contributed by atoms with E-state index in [1.807, 2.05) is 13.8 Å². The highest BCUT2D eigenvalue weighted by atomic mass is 16.5. The quantitative estimate of drug-likeness (QED) is 0.485. The zero-order valence-electron chi connectivity index (χ0n) is 9.04. The van der Waals surface area contributed by atoms with E-state index in [4.69, 9.17) is 4.74 Å². The fourth-order valence-electron chi connectivity index (χ4n) is 1.16. The highest BCUT2D eigenvalue weighted by molar-refractivity contribution is 5.81. The van der Waals surface area contributed by atoms with Crippen LogP contribution in [0.15, 0.2) is 12.2 Å². The van der Waals surface area contributed by atoms with Crippen molar-refractivity contribution in [2.24, 2.45) is 5.92 Å². The molecule has 0 aromatic carbocycles. The second-order valence-corrected chi connectivity index (χ2v) is 3.60. The minimum atomic E-state index is -0.227. The van der Waals surface area contributed by atoms with Gasteiger partial charge in [-0.3, -0.25) is 0 Å². The molecule has 0 spiro atoms. The van der Waals surface area contributed by atoms with Crippen LogP contribution in [0, 0.1) is 5.92 Å². The van der Waals surface area contributed by atoms with Crippen LogP contribution in [0.4, 0.5) is 0 Å². The van der Waals surface area contributed by atoms with E-state index in [1.165, 1.54) is 6.08 Å². The zero-order valence-corrected chi connectivity index (χ0v) is 9.04. The van der Waals surface area contributed by atoms with Crippen LogP contribution in [0.5, 0.6) is 0 Å². The Hall–Kier alpha value is -0.790. The summed E-state index contributed by atoms with van der Waals surface area (Å²) in [5.41, 5.74) is 0. The van der Waals surface area contributed by atoms with Gasteiger partial charge in [0.1, 0.15) is 6.10 Å². The van der Waals surface area contributed by atoms with Gasteiger partial charge in [-0.05, 0) is 25.7 Å². The first-order valence-corrected chi connectivity index (χ1v) is 4.93. The molecule has 13 heavy (non-hydrogen) atoms. The van der Waals surface area contributed by atoms with Crippen LogP contribution in [-0.4, -0.2) is 12.1 Å². The van der Waals surface area contributed by atoms with Gasteiger partial charge in [0.2, 0.25) is 0 Å². The second-order valence-electron chi connectivity index (χ2n) is 3.60. The highest BCUT2D eigenvalue weighted by Crippen LogP contribution is 2.11. The Morgan fingerprint density at radius 3 is 2.46 bits per heavy atom. The summed E-state index contributed by atoms with van der Waals surface area (Å²) >= 11 is 0. The number of carbonyl (C=O) groups is 1. The fraction of sp³-hybridized carbons (Fsp3) is 0.727. The lowest BCUT2D eigenvalue weighted by Gasteiger charge is -2.16. The van der Waals surface area contributed by atoms with Crippen LogP contribution >= 0.6 is 0 Å². The first-order chi connectivity index (χ1) is 6.10. The summed E-state index contributed by atoms with van der Waals surface area (Å²) < 4.78 is 5.23. The highest BCUT2D eigenvalue weighted by Gasteiger charge is 2.11. The number of allylic oxidation sites excluding steroid dienone is 1. The maximum atomic E-state index is 11.1. The SMILES string of the molecule is CC=CC(=O)OC(CC)CC(C)C. The molecule has 0 heterocycles. The van der Waals surface area contributed by atoms with Crippen LogP contribution in [0.25, 0.3) is 0 Å². The maximum absolute atomic E-state index is 11.1. The Morgan fingerprint density at radius 1 is 1.46 bits per heavy atom. The molecule has 0 aliphatic carbocycles. The van der Waals surface area contributed by atoms with Gasteiger partial charge in [0.15, 0.2) is 0 Å². The van der Waals surface area contributed by atoms with Crippen LogP contribution in [-0.2, 0) is 9.53 Å². The van der Waals surface area contributed by atoms with Gasteiger partial charge in [-0.25, -0.2) is 4.79 Å². The lowest BCUT2D eigenvalue weighted by atomic mass is 10.0. The number of rotatable bonds is 5. The lowest BCUT2D eigenvalue weighted by Crippen LogP contribution is -2.17. The summed E-state index contributed by atoms with van der Waals surface area (Å²) in [6.07, 6.45) is 5.07. The van der Waals surface area contributed by atoms with Crippen LogP contribution < -0.4 is 0 Å². The number of ether oxygens (including phenoxy) is 1. The Morgan fingerprint density at radius 2 is 2.08 bits per heavy atom. The molecule has 2 nitrogen and oxygen atoms in total. The molecule has 0 saturated heterocycles. The number of esters is 1. The van der Waals surface area contributed by atoms with Gasteiger partial charge in [0, 0.05) is 6.08 Å². The monoisotopic (exact) mass is 184 g/mol. The van der Waals surface area contributed by atoms with Gasteiger partial charge in [-0.1, -0.05) is 26.8 Å². The first-order valence-electron chi connectivity index (χ1n) is 4.93. The van der Waals surface area contributed by atoms with E-state index < -0.39 is 0 Å². The van der Waals surface area contributed by atoms with Crippen molar-refractivity contribution in [2.75, 3.05) is 0 Å². The molecule has 1 unspecified atom stereocenters. The average molecular weight is 184 g/mol. The van der Waals surface area contributed by atoms with E-state index in [0.717, 1.165) is 12.8 Å². The van der Waals surface area contributed by atoms with Crippen LogP contribution in [0.3, 0.4) is 0 Å². The standard InChI is InChI=1S/C11H20O2/c1-5-7-11(12)13-10(6-2)8-9(3)4/h5,7,9-10H,6,8H2,1-4H3. The molecule has 0 aromatic heterocycles. The van der Waals surface area contributed by atoms with Gasteiger partial charge in [0.05, 0.1) is 0 Å². The van der Waals surface area contributed by atoms with E-state index in [9.17, 15) is 4.79 Å². The Kier molecular flexibility index (Phi) is 6.29. The van der Waals surface area contributed by atoms with E-state index in [-0.39, 0.29) is 12.1 Å². The molecule has 0 fully saturated rings. The molecule has 0 rings (SSSR count). The van der Waals surface area contributed by atoms with Crippen molar-refractivity contribution in [1.29, 1.82) is 0 Å². The molecule has 76 valence electrons. The molecule has 0 bridgehead atoms. The normalized spacial score (nSPS) is 13.6. The van der Waals surface area contributed by atoms with Gasteiger partial charge < -0.3 is 4.74 Å². The molecule has 0 radical (unpaired) electrons. The van der Waals surface area contributed by atoms with Crippen LogP contribution in [0.2, 0.25) is 0 Å². The Labute approximate surface area is 81.0 Å². The topological polar surface area (TPSA) is 26.3 Å². The molecule has 1 atom stereocenters. The third-order valence-electron chi connectivity index (χ3n) is 1.78. The van der Waals surface area contributed by atoms with Gasteiger partial charge in [-0.2, -0.15) is 0 Å². The molecule has 2 heteroatoms. The molecule has 0 saturated carbocycles. The van der Waals surface area contributed by atoms with Crippen LogP contribution in [0.1, 0.15) is 40.5 Å². The van der Waals surface area contributed by atoms with Crippen molar-refractivity contribution >= 4 is 5.97 Å². The molecular formula is C11H20O2. The largest absolute Gasteiger partial charge is 0.459 e. The minimum Gasteiger partial charge on any atom is -0.459 e. The average Bonchev–Trinajstić information content (AvgIpc) is 2.02. The number of carbonyl (C=O) groups excluding carboxylic acids is 1. The van der Waals surface area contributed by atoms with E-state index in [1.54, 1.807) is 6.08 Å². The Bertz CT molecular complexity index is 171. The zero-order chi connectivity index (χ0) is 10.3. The summed E-state index contributed by atoms with van der Waals surface area (Å²) in [7, 11) is 0. The summed E-state index contributed by atoms with van der Waals surface area (Å²) in [5.74, 6) is 0.346. The Balaban J connectivity index is 3.90. The van der Waals surface area contributed by atoms with Crippen molar-refractivity contribution in [1.82, 2.24) is 0 Å². The summed E-state index contributed by atoms with van der Waals surface area (Å²) in [4.78, 5) is 11.1. The molecule has 0 N–H and O–H groups in total. The van der Waals surface area contributed by atoms with Crippen molar-refractivity contribution in [2.45, 2.75) is 46.6 Å². The van der Waals surface area contributed by atoms with Gasteiger partial charge >= 0.3 is 5.97 Å². The third-order valence-corrected chi connectivity index (χ3v) is 1.78. The second kappa shape index (κ2) is 6.70. The molecule has 0 aliphatic rings. The predicted molar refractivity (Wildman–Crippen MR) is 54.4 cm³/mol. The molecular weight excluding hydrogens is 164 g/mol. The van der Waals surface area contributed by atoms with Crippen molar-refractivity contribution in [3.63, 3.8) is 0 Å². The smallest absolute Gasteiger partial charge is 0.330 e. The van der Waals surface area contributed by atoms with Gasteiger partial charge in [-0.15, -0.1) is 0 Å². The first kappa shape index (κ1) is 12.2. The van der Waals surface area contributed by atoms with Gasteiger partial charge in [0.25, 0.3) is 0 Å². The predicted octanol–water partition coefficient (Wildman–Crippen LogP) is 2.93. The molecule has 0 aliphatic heterocycles. The fourth-order valence-corrected chi connectivity index (χ4v) is 1.16. The van der Waals surface area contributed by atoms with E-state index >= 15 is 0 Å². The number of hydrogen-bond acceptors (Lipinski definition) is 2. The minimum absolute atomic E-state index is 0.0729. The summed E-state index contributed by atoms with van der Waals surface area (Å²) in [5, 5.41) is 0. The lowest BCUT2D eigenvalue weighted by molar-refractivity contribution is -0.143. The van der Waals surface area contributed by atoms with Crippen molar-refractivity contribution < 1.29 is 9.53 Å². The molecule has 0 amide bonds. The maximum Gasteiger partial charge on any atom is 0.330 e. The van der Waals surface area contributed by atoms with E-state index in [2.05, 4.69) is 13.8 Å². The summed E-state index contributed by atoms with van der Waals surface area (Å²) in [6, 6.07) is 0. The molecule has 0 aromatic rings. The third kappa shape index (κ3) is 6.38. The number of hydrogen-bond donors (Lipinski definition) is 0. The van der Waals surface area contributed by atoms with Crippen molar-refractivity contribution in [3.8, 4) is 0 Å².